The van der Waals surface area contributed by atoms with Gasteiger partial charge in [-0.25, -0.2) is 10.1 Å². The van der Waals surface area contributed by atoms with Gasteiger partial charge in [-0.05, 0) is 47.2 Å². The van der Waals surface area contributed by atoms with E-state index in [0.717, 1.165) is 11.3 Å². The van der Waals surface area contributed by atoms with Crippen molar-refractivity contribution in [3.05, 3.63) is 71.0 Å². The zero-order chi connectivity index (χ0) is 16.9. The van der Waals surface area contributed by atoms with E-state index in [4.69, 9.17) is 11.6 Å². The fraction of sp³-hybridized carbons (Fsp3) is 0.0625. The fourth-order valence-electron chi connectivity index (χ4n) is 2.04. The van der Waals surface area contributed by atoms with Crippen LogP contribution in [0.15, 0.2) is 60.0 Å². The molecule has 0 radical (unpaired) electrons. The van der Waals surface area contributed by atoms with Gasteiger partial charge < -0.3 is 0 Å². The summed E-state index contributed by atoms with van der Waals surface area (Å²) in [5, 5.41) is 15.5. The molecule has 0 aliphatic heterocycles. The van der Waals surface area contributed by atoms with E-state index in [0.29, 0.717) is 16.3 Å². The lowest BCUT2D eigenvalue weighted by Gasteiger charge is -2.05. The number of carbonyl (C=O) groups excluding carboxylic acids is 1. The number of carbonyl (C=O) groups is 1. The normalized spacial score (nSPS) is 11.3. The maximum absolute atomic E-state index is 12.1. The second-order valence-electron chi connectivity index (χ2n) is 4.92. The molecule has 0 saturated heterocycles. The number of rotatable bonds is 4. The smallest absolute Gasteiger partial charge is 0.267 e. The Balaban J connectivity index is 1.72. The highest BCUT2D eigenvalue weighted by atomic mass is 35.5. The average molecular weight is 341 g/mol. The van der Waals surface area contributed by atoms with Crippen molar-refractivity contribution in [1.29, 1.82) is 0 Å². The van der Waals surface area contributed by atoms with E-state index in [1.165, 1.54) is 6.33 Å². The van der Waals surface area contributed by atoms with Crippen LogP contribution >= 0.6 is 11.6 Å². The second kappa shape index (κ2) is 7.01. The molecule has 0 spiro atoms. The van der Waals surface area contributed by atoms with E-state index in [2.05, 4.69) is 26.1 Å². The van der Waals surface area contributed by atoms with Gasteiger partial charge in [0.15, 0.2) is 0 Å². The molecule has 24 heavy (non-hydrogen) atoms. The Labute approximate surface area is 143 Å². The minimum absolute atomic E-state index is 0.356. The van der Waals surface area contributed by atoms with E-state index in [1.807, 2.05) is 24.3 Å². The standard InChI is InChI=1S/C16H13ClN6O/c1-11(19-20-16(24)14-4-2-3-5-15(14)17)12-6-8-13(9-7-12)23-10-18-21-22-23/h2-10H,1H3,(H,20,24)/b19-11-. The molecule has 3 aromatic rings. The lowest BCUT2D eigenvalue weighted by molar-refractivity contribution is 0.0955. The molecular weight excluding hydrogens is 328 g/mol. The number of aromatic nitrogens is 4. The number of nitrogens with zero attached hydrogens (tertiary/aromatic N) is 5. The third-order valence-electron chi connectivity index (χ3n) is 3.34. The van der Waals surface area contributed by atoms with Crippen LogP contribution in [0.1, 0.15) is 22.8 Å². The first-order valence-electron chi connectivity index (χ1n) is 7.08. The molecule has 0 unspecified atom stereocenters. The summed E-state index contributed by atoms with van der Waals surface area (Å²) in [6.07, 6.45) is 1.51. The SMILES string of the molecule is C/C(=N/NC(=O)c1ccccc1Cl)c1ccc(-n2cnnn2)cc1. The number of benzene rings is 2. The van der Waals surface area contributed by atoms with Gasteiger partial charge in [0.1, 0.15) is 6.33 Å². The highest BCUT2D eigenvalue weighted by Crippen LogP contribution is 2.14. The quantitative estimate of drug-likeness (QED) is 0.584. The zero-order valence-electron chi connectivity index (χ0n) is 12.7. The summed E-state index contributed by atoms with van der Waals surface area (Å²) in [6, 6.07) is 14.3. The molecule has 1 amide bonds. The van der Waals surface area contributed by atoms with Crippen molar-refractivity contribution in [2.24, 2.45) is 5.10 Å². The van der Waals surface area contributed by atoms with Gasteiger partial charge in [-0.3, -0.25) is 4.79 Å². The second-order valence-corrected chi connectivity index (χ2v) is 5.33. The Hall–Kier alpha value is -3.06. The van der Waals surface area contributed by atoms with Crippen molar-refractivity contribution < 1.29 is 4.79 Å². The van der Waals surface area contributed by atoms with E-state index in [9.17, 15) is 4.79 Å². The Morgan fingerprint density at radius 1 is 1.17 bits per heavy atom. The van der Waals surface area contributed by atoms with Crippen molar-refractivity contribution in [1.82, 2.24) is 25.6 Å². The van der Waals surface area contributed by atoms with Gasteiger partial charge in [0.2, 0.25) is 0 Å². The first kappa shape index (κ1) is 15.8. The lowest BCUT2D eigenvalue weighted by Crippen LogP contribution is -2.19. The Kier molecular flexibility index (Phi) is 4.62. The first-order chi connectivity index (χ1) is 11.6. The molecule has 0 saturated carbocycles. The van der Waals surface area contributed by atoms with Crippen molar-refractivity contribution in [2.45, 2.75) is 6.92 Å². The van der Waals surface area contributed by atoms with Gasteiger partial charge in [0.05, 0.1) is 22.0 Å². The number of nitrogens with one attached hydrogen (secondary N) is 1. The fourth-order valence-corrected chi connectivity index (χ4v) is 2.26. The number of halogens is 1. The van der Waals surface area contributed by atoms with Crippen LogP contribution in [0, 0.1) is 0 Å². The molecule has 0 atom stereocenters. The van der Waals surface area contributed by atoms with Crippen LogP contribution in [0.3, 0.4) is 0 Å². The van der Waals surface area contributed by atoms with Crippen LogP contribution in [0.5, 0.6) is 0 Å². The molecule has 120 valence electrons. The van der Waals surface area contributed by atoms with Crippen molar-refractivity contribution in [3.63, 3.8) is 0 Å². The van der Waals surface area contributed by atoms with Crippen molar-refractivity contribution in [3.8, 4) is 5.69 Å². The van der Waals surface area contributed by atoms with Gasteiger partial charge in [0, 0.05) is 0 Å². The molecule has 3 rings (SSSR count). The predicted molar refractivity (Wildman–Crippen MR) is 90.3 cm³/mol. The summed E-state index contributed by atoms with van der Waals surface area (Å²) >= 11 is 5.99. The molecular formula is C16H13ClN6O. The predicted octanol–water partition coefficient (Wildman–Crippen LogP) is 2.47. The lowest BCUT2D eigenvalue weighted by atomic mass is 10.1. The molecule has 7 nitrogen and oxygen atoms in total. The van der Waals surface area contributed by atoms with Crippen molar-refractivity contribution >= 4 is 23.2 Å². The minimum Gasteiger partial charge on any atom is -0.267 e. The Morgan fingerprint density at radius 3 is 2.58 bits per heavy atom. The van der Waals surface area contributed by atoms with E-state index >= 15 is 0 Å². The maximum Gasteiger partial charge on any atom is 0.272 e. The molecule has 0 fully saturated rings. The van der Waals surface area contributed by atoms with Gasteiger partial charge in [-0.2, -0.15) is 5.10 Å². The summed E-state index contributed by atoms with van der Waals surface area (Å²) in [7, 11) is 0. The van der Waals surface area contributed by atoms with Crippen LogP contribution in [0.4, 0.5) is 0 Å². The molecule has 0 bridgehead atoms. The monoisotopic (exact) mass is 340 g/mol. The molecule has 0 aliphatic carbocycles. The summed E-state index contributed by atoms with van der Waals surface area (Å²) in [4.78, 5) is 12.1. The van der Waals surface area contributed by atoms with Crippen LogP contribution in [0.25, 0.3) is 5.69 Å². The highest BCUT2D eigenvalue weighted by molar-refractivity contribution is 6.33. The highest BCUT2D eigenvalue weighted by Gasteiger charge is 2.08. The summed E-state index contributed by atoms with van der Waals surface area (Å²) in [5.74, 6) is -0.356. The van der Waals surface area contributed by atoms with E-state index < -0.39 is 0 Å². The summed E-state index contributed by atoms with van der Waals surface area (Å²) < 4.78 is 1.55. The minimum atomic E-state index is -0.356. The molecule has 2 aromatic carbocycles. The third-order valence-corrected chi connectivity index (χ3v) is 3.67. The number of amides is 1. The Morgan fingerprint density at radius 2 is 1.92 bits per heavy atom. The van der Waals surface area contributed by atoms with Crippen LogP contribution in [0.2, 0.25) is 5.02 Å². The van der Waals surface area contributed by atoms with Crippen LogP contribution in [-0.2, 0) is 0 Å². The Bertz CT molecular complexity index is 874. The van der Waals surface area contributed by atoms with E-state index in [-0.39, 0.29) is 5.91 Å². The van der Waals surface area contributed by atoms with Crippen LogP contribution < -0.4 is 5.43 Å². The average Bonchev–Trinajstić information content (AvgIpc) is 3.14. The largest absolute Gasteiger partial charge is 0.272 e. The van der Waals surface area contributed by atoms with E-state index in [1.54, 1.807) is 35.9 Å². The summed E-state index contributed by atoms with van der Waals surface area (Å²) in [6.45, 7) is 1.80. The number of tetrazole rings is 1. The first-order valence-corrected chi connectivity index (χ1v) is 7.46. The molecule has 1 N–H and O–H groups in total. The topological polar surface area (TPSA) is 85.1 Å². The molecule has 8 heteroatoms. The third kappa shape index (κ3) is 3.47. The van der Waals surface area contributed by atoms with Gasteiger partial charge in [-0.15, -0.1) is 5.10 Å². The van der Waals surface area contributed by atoms with Crippen molar-refractivity contribution in [2.75, 3.05) is 0 Å². The number of hydrogen-bond acceptors (Lipinski definition) is 5. The molecule has 1 aromatic heterocycles. The maximum atomic E-state index is 12.1. The number of hydrazone groups is 1. The summed E-state index contributed by atoms with van der Waals surface area (Å²) in [5.41, 5.74) is 5.25. The molecule has 1 heterocycles. The van der Waals surface area contributed by atoms with Crippen LogP contribution in [-0.4, -0.2) is 31.8 Å². The van der Waals surface area contributed by atoms with Gasteiger partial charge in [0.25, 0.3) is 5.91 Å². The van der Waals surface area contributed by atoms with Gasteiger partial charge >= 0.3 is 0 Å². The number of hydrogen-bond donors (Lipinski definition) is 1. The molecule has 0 aliphatic rings. The zero-order valence-corrected chi connectivity index (χ0v) is 13.5. The van der Waals surface area contributed by atoms with Gasteiger partial charge in [-0.1, -0.05) is 35.9 Å².